The summed E-state index contributed by atoms with van der Waals surface area (Å²) in [5, 5.41) is 9.03. The molecule has 0 spiro atoms. The van der Waals surface area contributed by atoms with Gasteiger partial charge in [0, 0.05) is 38.3 Å². The van der Waals surface area contributed by atoms with Gasteiger partial charge in [-0.3, -0.25) is 0 Å². The largest absolute Gasteiger partial charge is 0.377 e. The Labute approximate surface area is 232 Å². The van der Waals surface area contributed by atoms with Gasteiger partial charge in [-0.05, 0) is 63.0 Å². The summed E-state index contributed by atoms with van der Waals surface area (Å²) in [7, 11) is 0. The zero-order valence-electron chi connectivity index (χ0n) is 23.2. The average molecular weight is 543 g/mol. The lowest BCUT2D eigenvalue weighted by Crippen LogP contribution is -2.47. The molecule has 0 unspecified atom stereocenters. The number of ether oxygens (including phenoxy) is 2. The first-order valence-corrected chi connectivity index (χ1v) is 15.7. The van der Waals surface area contributed by atoms with Crippen LogP contribution in [-0.2, 0) is 9.47 Å². The van der Waals surface area contributed by atoms with Gasteiger partial charge in [0.25, 0.3) is 0 Å². The van der Waals surface area contributed by atoms with Crippen LogP contribution in [0.4, 0.5) is 0 Å². The van der Waals surface area contributed by atoms with Gasteiger partial charge in [0.2, 0.25) is 0 Å². The molecule has 0 amide bonds. The Hall–Kier alpha value is -0.700. The van der Waals surface area contributed by atoms with E-state index in [0.29, 0.717) is 38.5 Å². The van der Waals surface area contributed by atoms with Crippen molar-refractivity contribution in [1.82, 2.24) is 20.4 Å². The molecule has 0 aromatic rings. The third kappa shape index (κ3) is 13.7. The molecule has 0 aliphatic heterocycles. The Balaban J connectivity index is 1.59. The van der Waals surface area contributed by atoms with Crippen molar-refractivity contribution in [2.75, 3.05) is 52.6 Å². The van der Waals surface area contributed by atoms with Gasteiger partial charge in [-0.15, -0.1) is 0 Å². The van der Waals surface area contributed by atoms with E-state index in [-0.39, 0.29) is 0 Å². The topological polar surface area (TPSA) is 49.0 Å². The third-order valence-electron chi connectivity index (χ3n) is 7.39. The summed E-state index contributed by atoms with van der Waals surface area (Å²) >= 11 is 11.5. The summed E-state index contributed by atoms with van der Waals surface area (Å²) in [5.41, 5.74) is 0. The molecule has 2 rings (SSSR count). The van der Waals surface area contributed by atoms with Gasteiger partial charge in [-0.25, -0.2) is 0 Å². The molecule has 0 saturated heterocycles. The second kappa shape index (κ2) is 20.3. The predicted molar refractivity (Wildman–Crippen MR) is 160 cm³/mol. The quantitative estimate of drug-likeness (QED) is 0.181. The summed E-state index contributed by atoms with van der Waals surface area (Å²) in [6.45, 7) is 10.7. The molecule has 0 aromatic carbocycles. The van der Waals surface area contributed by atoms with E-state index in [4.69, 9.17) is 33.9 Å². The minimum absolute atomic E-state index is 0.548. The van der Waals surface area contributed by atoms with E-state index < -0.39 is 0 Å². The first-order chi connectivity index (χ1) is 17.6. The normalized spacial score (nSPS) is 17.1. The predicted octanol–water partition coefficient (Wildman–Crippen LogP) is 5.64. The standard InChI is InChI=1S/C28H54N4O2S2/c1-3-5-17-31(27(35)29-25-13-9-7-10-14-25)19-21-33-23-24-34-22-20-32(18-6-4-2)28(36)30-26-15-11-8-12-16-26/h25-26H,3-24H2,1-2H3,(H,29,35)(H,30,36). The molecule has 2 N–H and O–H groups in total. The van der Waals surface area contributed by atoms with Crippen LogP contribution in [0.3, 0.4) is 0 Å². The maximum Gasteiger partial charge on any atom is 0.169 e. The molecular formula is C28H54N4O2S2. The Morgan fingerprint density at radius 2 is 1.00 bits per heavy atom. The van der Waals surface area contributed by atoms with Gasteiger partial charge in [0.05, 0.1) is 26.4 Å². The van der Waals surface area contributed by atoms with Crippen LogP contribution in [0.5, 0.6) is 0 Å². The summed E-state index contributed by atoms with van der Waals surface area (Å²) < 4.78 is 11.8. The van der Waals surface area contributed by atoms with Crippen molar-refractivity contribution < 1.29 is 9.47 Å². The molecule has 2 fully saturated rings. The van der Waals surface area contributed by atoms with Gasteiger partial charge >= 0.3 is 0 Å². The molecular weight excluding hydrogens is 488 g/mol. The Kier molecular flexibility index (Phi) is 17.8. The molecule has 2 saturated carbocycles. The van der Waals surface area contributed by atoms with Crippen molar-refractivity contribution in [3.63, 3.8) is 0 Å². The summed E-state index contributed by atoms with van der Waals surface area (Å²) in [6.07, 6.45) is 17.6. The van der Waals surface area contributed by atoms with Gasteiger partial charge < -0.3 is 29.9 Å². The van der Waals surface area contributed by atoms with E-state index in [1.807, 2.05) is 0 Å². The van der Waals surface area contributed by atoms with Crippen molar-refractivity contribution in [2.45, 2.75) is 116 Å². The summed E-state index contributed by atoms with van der Waals surface area (Å²) in [4.78, 5) is 4.58. The number of hydrogen-bond donors (Lipinski definition) is 2. The molecule has 0 bridgehead atoms. The van der Waals surface area contributed by atoms with E-state index in [2.05, 4.69) is 34.3 Å². The Morgan fingerprint density at radius 3 is 1.36 bits per heavy atom. The lowest BCUT2D eigenvalue weighted by molar-refractivity contribution is 0.0398. The van der Waals surface area contributed by atoms with E-state index >= 15 is 0 Å². The number of nitrogens with one attached hydrogen (secondary N) is 2. The van der Waals surface area contributed by atoms with Crippen molar-refractivity contribution in [1.29, 1.82) is 0 Å². The van der Waals surface area contributed by atoms with Crippen molar-refractivity contribution in [2.24, 2.45) is 0 Å². The molecule has 0 atom stereocenters. The Morgan fingerprint density at radius 1 is 0.611 bits per heavy atom. The zero-order chi connectivity index (χ0) is 25.8. The van der Waals surface area contributed by atoms with Crippen LogP contribution < -0.4 is 10.6 Å². The monoisotopic (exact) mass is 542 g/mol. The van der Waals surface area contributed by atoms with Crippen LogP contribution in [0.15, 0.2) is 0 Å². The highest BCUT2D eigenvalue weighted by atomic mass is 32.1. The van der Waals surface area contributed by atoms with E-state index in [9.17, 15) is 0 Å². The van der Waals surface area contributed by atoms with E-state index in [1.54, 1.807) is 0 Å². The van der Waals surface area contributed by atoms with Crippen molar-refractivity contribution in [3.05, 3.63) is 0 Å². The smallest absolute Gasteiger partial charge is 0.169 e. The fourth-order valence-electron chi connectivity index (χ4n) is 5.02. The summed E-state index contributed by atoms with van der Waals surface area (Å²) in [6, 6.07) is 1.10. The highest BCUT2D eigenvalue weighted by Crippen LogP contribution is 2.18. The van der Waals surface area contributed by atoms with Crippen molar-refractivity contribution >= 4 is 34.7 Å². The molecule has 0 aromatic heterocycles. The lowest BCUT2D eigenvalue weighted by Gasteiger charge is -2.31. The minimum atomic E-state index is 0.548. The molecule has 8 heteroatoms. The highest BCUT2D eigenvalue weighted by Gasteiger charge is 2.18. The lowest BCUT2D eigenvalue weighted by atomic mass is 9.96. The molecule has 210 valence electrons. The summed E-state index contributed by atoms with van der Waals surface area (Å²) in [5.74, 6) is 0. The fourth-order valence-corrected chi connectivity index (χ4v) is 5.72. The van der Waals surface area contributed by atoms with Gasteiger partial charge in [0.15, 0.2) is 10.2 Å². The molecule has 2 aliphatic rings. The van der Waals surface area contributed by atoms with Crippen LogP contribution in [0.25, 0.3) is 0 Å². The van der Waals surface area contributed by atoms with Crippen LogP contribution in [0, 0.1) is 0 Å². The highest BCUT2D eigenvalue weighted by molar-refractivity contribution is 7.80. The van der Waals surface area contributed by atoms with E-state index in [0.717, 1.165) is 49.2 Å². The number of thiocarbonyl (C=S) groups is 2. The number of hydrogen-bond acceptors (Lipinski definition) is 4. The average Bonchev–Trinajstić information content (AvgIpc) is 2.90. The number of nitrogens with zero attached hydrogens (tertiary/aromatic N) is 2. The molecule has 0 heterocycles. The van der Waals surface area contributed by atoms with Crippen LogP contribution in [0.2, 0.25) is 0 Å². The molecule has 36 heavy (non-hydrogen) atoms. The second-order valence-electron chi connectivity index (χ2n) is 10.5. The van der Waals surface area contributed by atoms with Gasteiger partial charge in [-0.1, -0.05) is 65.2 Å². The third-order valence-corrected chi connectivity index (χ3v) is 8.14. The fraction of sp³-hybridized carbons (Fsp3) is 0.929. The molecule has 6 nitrogen and oxygen atoms in total. The maximum atomic E-state index is 5.90. The second-order valence-corrected chi connectivity index (χ2v) is 11.2. The maximum absolute atomic E-state index is 5.90. The SMILES string of the molecule is CCCCN(CCOCCOCCN(CCCC)C(=S)NC1CCCCC1)C(=S)NC1CCCCC1. The van der Waals surface area contributed by atoms with Gasteiger partial charge in [-0.2, -0.15) is 0 Å². The van der Waals surface area contributed by atoms with Crippen molar-refractivity contribution in [3.8, 4) is 0 Å². The first-order valence-electron chi connectivity index (χ1n) is 14.9. The Bertz CT molecular complexity index is 534. The van der Waals surface area contributed by atoms with Crippen LogP contribution in [-0.4, -0.2) is 84.7 Å². The van der Waals surface area contributed by atoms with Gasteiger partial charge in [0.1, 0.15) is 0 Å². The van der Waals surface area contributed by atoms with Crippen LogP contribution in [0.1, 0.15) is 104 Å². The number of unbranched alkanes of at least 4 members (excludes halogenated alkanes) is 2. The van der Waals surface area contributed by atoms with Crippen LogP contribution >= 0.6 is 24.4 Å². The number of rotatable bonds is 17. The minimum Gasteiger partial charge on any atom is -0.377 e. The molecule has 0 radical (unpaired) electrons. The van der Waals surface area contributed by atoms with E-state index in [1.165, 1.54) is 77.0 Å². The molecule has 2 aliphatic carbocycles. The zero-order valence-corrected chi connectivity index (χ0v) is 24.9. The first kappa shape index (κ1) is 31.5.